The molecule has 322 valence electrons. The molecule has 0 spiro atoms. The van der Waals surface area contributed by atoms with Crippen LogP contribution in [-0.4, -0.2) is 112 Å². The number of rotatable bonds is 7. The van der Waals surface area contributed by atoms with Crippen LogP contribution in [0.2, 0.25) is 0 Å². The third-order valence-electron chi connectivity index (χ3n) is 12.0. The predicted octanol–water partition coefficient (Wildman–Crippen LogP) is 5.20. The summed E-state index contributed by atoms with van der Waals surface area (Å²) in [5.41, 5.74) is 3.14. The second-order valence-electron chi connectivity index (χ2n) is 16.0. The lowest BCUT2D eigenvalue weighted by atomic mass is 9.94. The minimum Gasteiger partial charge on any atom is -0.371 e. The fraction of sp³-hybridized carbons (Fsp3) is 0.311. The number of hydrogen-bond donors (Lipinski definition) is 2. The number of halogens is 3. The van der Waals surface area contributed by atoms with Crippen molar-refractivity contribution in [3.8, 4) is 11.8 Å². The Kier molecular flexibility index (Phi) is 10.8. The molecule has 3 fully saturated rings. The fourth-order valence-electron chi connectivity index (χ4n) is 8.64. The number of hydrazine groups is 1. The molecule has 3 aromatic carbocycles. The van der Waals surface area contributed by atoms with Gasteiger partial charge in [-0.15, -0.1) is 0 Å². The van der Waals surface area contributed by atoms with Crippen LogP contribution in [0.1, 0.15) is 72.7 Å². The fourth-order valence-corrected chi connectivity index (χ4v) is 8.64. The third kappa shape index (κ3) is 8.14. The van der Waals surface area contributed by atoms with Gasteiger partial charge in [-0.1, -0.05) is 18.1 Å². The minimum absolute atomic E-state index is 0.0203. The van der Waals surface area contributed by atoms with Crippen molar-refractivity contribution < 1.29 is 37.1 Å². The number of piperidine rings is 1. The SMILES string of the molecule is Cc1ccc(C(=O)Nc2ccc(N3CCN(CC4CCN(c5cccc6c5C(=O)N(N5CCC(=O)NC5=O)C6=O)CC4)CC3)c(C(F)(F)F)c2)cc1C#Cc1cnc2cccnn12. The predicted molar refractivity (Wildman–Crippen MR) is 225 cm³/mol. The van der Waals surface area contributed by atoms with Gasteiger partial charge in [0.1, 0.15) is 5.69 Å². The van der Waals surface area contributed by atoms with Crippen molar-refractivity contribution in [3.63, 3.8) is 0 Å². The summed E-state index contributed by atoms with van der Waals surface area (Å²) in [5.74, 6) is 4.15. The number of alkyl halides is 3. The van der Waals surface area contributed by atoms with Gasteiger partial charge < -0.3 is 15.1 Å². The van der Waals surface area contributed by atoms with Gasteiger partial charge in [0.15, 0.2) is 5.65 Å². The highest BCUT2D eigenvalue weighted by atomic mass is 19.4. The number of imide groups is 2. The van der Waals surface area contributed by atoms with Crippen LogP contribution in [0.25, 0.3) is 5.65 Å². The Morgan fingerprint density at radius 1 is 0.857 bits per heavy atom. The monoisotopic (exact) mass is 858 g/mol. The highest BCUT2D eigenvalue weighted by Crippen LogP contribution is 2.39. The molecule has 6 heterocycles. The van der Waals surface area contributed by atoms with Gasteiger partial charge in [0, 0.05) is 80.9 Å². The van der Waals surface area contributed by atoms with Gasteiger partial charge in [-0.2, -0.15) is 23.3 Å². The van der Waals surface area contributed by atoms with Gasteiger partial charge in [-0.25, -0.2) is 19.3 Å². The Morgan fingerprint density at radius 2 is 1.63 bits per heavy atom. The average Bonchev–Trinajstić information content (AvgIpc) is 3.80. The van der Waals surface area contributed by atoms with E-state index in [1.165, 1.54) is 12.1 Å². The molecule has 0 bridgehead atoms. The molecule has 4 aliphatic rings. The van der Waals surface area contributed by atoms with Crippen molar-refractivity contribution in [2.45, 2.75) is 32.4 Å². The van der Waals surface area contributed by atoms with Gasteiger partial charge in [0.2, 0.25) is 5.91 Å². The van der Waals surface area contributed by atoms with E-state index < -0.39 is 41.4 Å². The standard InChI is InChI=1S/C45H41F3N10O5/c1-28-7-8-31(24-30(28)9-11-33-26-49-38-6-3-16-50-57(33)38)41(60)51-32-10-12-36(35(25-32)45(46,47)48)55-22-20-53(21-23-55)27-29-13-17-54(18-14-29)37-5-2-4-34-40(37)43(62)58(42(34)61)56-19-15-39(59)52-44(56)63/h2-8,10,12,16,24-26,29H,13-15,17-23,27H2,1H3,(H,51,60)(H,52,59,63). The number of amides is 6. The number of aryl methyl sites for hydroxylation is 1. The first-order chi connectivity index (χ1) is 30.3. The van der Waals surface area contributed by atoms with Crippen LogP contribution < -0.4 is 20.4 Å². The molecule has 5 aromatic rings. The van der Waals surface area contributed by atoms with E-state index in [-0.39, 0.29) is 41.0 Å². The number of imidazole rings is 1. The molecule has 2 aromatic heterocycles. The molecule has 0 saturated carbocycles. The summed E-state index contributed by atoms with van der Waals surface area (Å²) in [4.78, 5) is 74.8. The van der Waals surface area contributed by atoms with E-state index in [9.17, 15) is 37.1 Å². The third-order valence-corrected chi connectivity index (χ3v) is 12.0. The quantitative estimate of drug-likeness (QED) is 0.165. The number of nitrogens with one attached hydrogen (secondary N) is 2. The summed E-state index contributed by atoms with van der Waals surface area (Å²) in [6, 6.07) is 16.7. The van der Waals surface area contributed by atoms with Crippen molar-refractivity contribution in [3.05, 3.63) is 118 Å². The van der Waals surface area contributed by atoms with Gasteiger partial charge in [0.25, 0.3) is 17.7 Å². The van der Waals surface area contributed by atoms with E-state index in [4.69, 9.17) is 0 Å². The Labute approximate surface area is 359 Å². The number of benzene rings is 3. The number of anilines is 3. The van der Waals surface area contributed by atoms with Crippen molar-refractivity contribution in [2.75, 3.05) is 67.5 Å². The second kappa shape index (κ2) is 16.5. The van der Waals surface area contributed by atoms with Crippen LogP contribution in [0.5, 0.6) is 0 Å². The number of fused-ring (bicyclic) bond motifs is 2. The number of piperazine rings is 1. The van der Waals surface area contributed by atoms with Crippen LogP contribution in [-0.2, 0) is 11.0 Å². The van der Waals surface area contributed by atoms with Crippen molar-refractivity contribution in [2.24, 2.45) is 5.92 Å². The zero-order chi connectivity index (χ0) is 44.0. The van der Waals surface area contributed by atoms with E-state index in [2.05, 4.69) is 42.4 Å². The van der Waals surface area contributed by atoms with Gasteiger partial charge in [0.05, 0.1) is 35.1 Å². The summed E-state index contributed by atoms with van der Waals surface area (Å²) >= 11 is 0. The van der Waals surface area contributed by atoms with Crippen LogP contribution in [0.3, 0.4) is 0 Å². The highest BCUT2D eigenvalue weighted by molar-refractivity contribution is 6.24. The highest BCUT2D eigenvalue weighted by Gasteiger charge is 2.45. The maximum absolute atomic E-state index is 14.6. The normalized spacial score (nSPS) is 17.5. The molecule has 15 nitrogen and oxygen atoms in total. The molecular weight excluding hydrogens is 818 g/mol. The van der Waals surface area contributed by atoms with Crippen LogP contribution in [0, 0.1) is 24.7 Å². The van der Waals surface area contributed by atoms with Gasteiger partial charge >= 0.3 is 12.2 Å². The molecule has 3 saturated heterocycles. The Morgan fingerprint density at radius 3 is 2.40 bits per heavy atom. The lowest BCUT2D eigenvalue weighted by molar-refractivity contribution is -0.137. The minimum atomic E-state index is -4.67. The average molecular weight is 859 g/mol. The Balaban J connectivity index is 0.803. The first-order valence-electron chi connectivity index (χ1n) is 20.6. The second-order valence-corrected chi connectivity index (χ2v) is 16.0. The smallest absolute Gasteiger partial charge is 0.371 e. The van der Waals surface area contributed by atoms with Gasteiger partial charge in [-0.05, 0) is 91.8 Å². The zero-order valence-corrected chi connectivity index (χ0v) is 34.1. The molecule has 0 unspecified atom stereocenters. The van der Waals surface area contributed by atoms with Gasteiger partial charge in [-0.3, -0.25) is 29.4 Å². The maximum Gasteiger partial charge on any atom is 0.418 e. The van der Waals surface area contributed by atoms with E-state index in [1.807, 2.05) is 6.92 Å². The Bertz CT molecular complexity index is 2740. The first-order valence-corrected chi connectivity index (χ1v) is 20.6. The summed E-state index contributed by atoms with van der Waals surface area (Å²) < 4.78 is 45.3. The molecule has 0 aliphatic carbocycles. The number of hydrogen-bond acceptors (Lipinski definition) is 10. The number of aromatic nitrogens is 3. The van der Waals surface area contributed by atoms with E-state index >= 15 is 0 Å². The molecule has 0 radical (unpaired) electrons. The maximum atomic E-state index is 14.6. The molecule has 18 heteroatoms. The lowest BCUT2D eigenvalue weighted by Crippen LogP contribution is -2.58. The topological polar surface area (TPSA) is 156 Å². The molecule has 2 N–H and O–H groups in total. The van der Waals surface area contributed by atoms with Crippen molar-refractivity contribution in [1.29, 1.82) is 0 Å². The summed E-state index contributed by atoms with van der Waals surface area (Å²) in [7, 11) is 0. The van der Waals surface area contributed by atoms with E-state index in [0.29, 0.717) is 67.8 Å². The number of carbonyl (C=O) groups is 5. The van der Waals surface area contributed by atoms with E-state index in [0.717, 1.165) is 41.0 Å². The molecule has 4 aliphatic heterocycles. The summed E-state index contributed by atoms with van der Waals surface area (Å²) in [6.07, 6.45) is 0.133. The van der Waals surface area contributed by atoms with Crippen LogP contribution >= 0.6 is 0 Å². The van der Waals surface area contributed by atoms with E-state index in [1.54, 1.807) is 70.3 Å². The lowest BCUT2D eigenvalue weighted by Gasteiger charge is -2.40. The number of carbonyl (C=O) groups excluding carboxylic acids is 5. The Hall–Kier alpha value is -7.26. The van der Waals surface area contributed by atoms with Crippen molar-refractivity contribution in [1.82, 2.24) is 34.8 Å². The number of urea groups is 1. The zero-order valence-electron chi connectivity index (χ0n) is 34.1. The van der Waals surface area contributed by atoms with Crippen molar-refractivity contribution >= 4 is 52.4 Å². The van der Waals surface area contributed by atoms with Crippen LogP contribution in [0.4, 0.5) is 35.0 Å². The summed E-state index contributed by atoms with van der Waals surface area (Å²) in [6.45, 7) is 5.69. The van der Waals surface area contributed by atoms with Crippen LogP contribution in [0.15, 0.2) is 79.1 Å². The molecule has 9 rings (SSSR count). The molecule has 6 amide bonds. The molecular formula is C45H41F3N10O5. The first kappa shape index (κ1) is 41.1. The summed E-state index contributed by atoms with van der Waals surface area (Å²) in [5, 5.41) is 10.8. The number of nitrogens with zero attached hydrogens (tertiary/aromatic N) is 8. The molecule has 0 atom stereocenters. The molecule has 63 heavy (non-hydrogen) atoms. The largest absolute Gasteiger partial charge is 0.418 e.